The third kappa shape index (κ3) is 3.80. The number of benzene rings is 2. The van der Waals surface area contributed by atoms with E-state index in [1.807, 2.05) is 41.0 Å². The van der Waals surface area contributed by atoms with Gasteiger partial charge < -0.3 is 4.42 Å². The van der Waals surface area contributed by atoms with Crippen LogP contribution in [0.25, 0.3) is 17.3 Å². The van der Waals surface area contributed by atoms with Crippen LogP contribution in [-0.2, 0) is 5.75 Å². The van der Waals surface area contributed by atoms with Crippen LogP contribution in [0.4, 0.5) is 0 Å². The number of aryl methyl sites for hydroxylation is 2. The van der Waals surface area contributed by atoms with Crippen molar-refractivity contribution >= 4 is 23.4 Å². The van der Waals surface area contributed by atoms with Gasteiger partial charge in [-0.2, -0.15) is 0 Å². The molecule has 2 aromatic carbocycles. The maximum atomic E-state index is 6.06. The van der Waals surface area contributed by atoms with Crippen LogP contribution in [0.15, 0.2) is 70.4 Å². The molecular weight excluding hydrogens is 378 g/mol. The standard InChI is InChI=1S/C21H18ClN3OS/c1-14-5-6-15(2)16(12-14)13-27-21-24-23-20(19-4-3-11-26-19)25(21)18-9-7-17(22)8-10-18/h3-12H,13H2,1-2H3. The molecule has 0 bridgehead atoms. The summed E-state index contributed by atoms with van der Waals surface area (Å²) in [6, 6.07) is 17.9. The second kappa shape index (κ2) is 7.62. The molecule has 0 radical (unpaired) electrons. The lowest BCUT2D eigenvalue weighted by molar-refractivity contribution is 0.575. The van der Waals surface area contributed by atoms with Gasteiger partial charge >= 0.3 is 0 Å². The highest BCUT2D eigenvalue weighted by Crippen LogP contribution is 2.31. The van der Waals surface area contributed by atoms with Crippen LogP contribution in [0.1, 0.15) is 16.7 Å². The minimum absolute atomic E-state index is 0.672. The molecule has 4 nitrogen and oxygen atoms in total. The van der Waals surface area contributed by atoms with Crippen molar-refractivity contribution < 1.29 is 4.42 Å². The molecule has 0 aliphatic carbocycles. The maximum Gasteiger partial charge on any atom is 0.205 e. The van der Waals surface area contributed by atoms with Gasteiger partial charge in [-0.15, -0.1) is 10.2 Å². The molecule has 0 spiro atoms. The van der Waals surface area contributed by atoms with E-state index >= 15 is 0 Å². The Labute approximate surface area is 167 Å². The summed E-state index contributed by atoms with van der Waals surface area (Å²) in [6.07, 6.45) is 1.64. The number of aromatic nitrogens is 3. The summed E-state index contributed by atoms with van der Waals surface area (Å²) in [7, 11) is 0. The molecule has 0 unspecified atom stereocenters. The monoisotopic (exact) mass is 395 g/mol. The van der Waals surface area contributed by atoms with Crippen molar-refractivity contribution in [3.63, 3.8) is 0 Å². The fraction of sp³-hybridized carbons (Fsp3) is 0.143. The summed E-state index contributed by atoms with van der Waals surface area (Å²) in [5.74, 6) is 2.17. The number of nitrogens with zero attached hydrogens (tertiary/aromatic N) is 3. The molecule has 0 N–H and O–H groups in total. The summed E-state index contributed by atoms with van der Waals surface area (Å²) in [5, 5.41) is 10.3. The van der Waals surface area contributed by atoms with Gasteiger partial charge in [0.25, 0.3) is 0 Å². The molecule has 2 aromatic heterocycles. The summed E-state index contributed by atoms with van der Waals surface area (Å²) < 4.78 is 7.56. The van der Waals surface area contributed by atoms with E-state index in [0.717, 1.165) is 16.6 Å². The second-order valence-corrected chi connectivity index (χ2v) is 7.69. The molecule has 0 fully saturated rings. The zero-order valence-electron chi connectivity index (χ0n) is 15.0. The van der Waals surface area contributed by atoms with E-state index < -0.39 is 0 Å². The van der Waals surface area contributed by atoms with Gasteiger partial charge in [0.1, 0.15) is 0 Å². The Kier molecular flexibility index (Phi) is 5.05. The van der Waals surface area contributed by atoms with Crippen LogP contribution in [-0.4, -0.2) is 14.8 Å². The van der Waals surface area contributed by atoms with E-state index in [0.29, 0.717) is 16.6 Å². The third-order valence-corrected chi connectivity index (χ3v) is 5.55. The minimum atomic E-state index is 0.672. The molecular formula is C21H18ClN3OS. The van der Waals surface area contributed by atoms with Gasteiger partial charge in [0.15, 0.2) is 10.9 Å². The van der Waals surface area contributed by atoms with Crippen molar-refractivity contribution in [2.45, 2.75) is 24.8 Å². The predicted molar refractivity (Wildman–Crippen MR) is 110 cm³/mol. The van der Waals surface area contributed by atoms with Crippen LogP contribution in [0, 0.1) is 13.8 Å². The van der Waals surface area contributed by atoms with Crippen molar-refractivity contribution in [2.75, 3.05) is 0 Å². The largest absolute Gasteiger partial charge is 0.461 e. The number of hydrogen-bond donors (Lipinski definition) is 0. The molecule has 136 valence electrons. The van der Waals surface area contributed by atoms with Crippen molar-refractivity contribution in [1.82, 2.24) is 14.8 Å². The van der Waals surface area contributed by atoms with E-state index in [2.05, 4.69) is 42.2 Å². The van der Waals surface area contributed by atoms with Gasteiger partial charge in [0.05, 0.1) is 6.26 Å². The van der Waals surface area contributed by atoms with Crippen LogP contribution >= 0.6 is 23.4 Å². The highest BCUT2D eigenvalue weighted by atomic mass is 35.5. The maximum absolute atomic E-state index is 6.06. The van der Waals surface area contributed by atoms with Crippen molar-refractivity contribution in [3.8, 4) is 17.3 Å². The van der Waals surface area contributed by atoms with Gasteiger partial charge in [-0.25, -0.2) is 0 Å². The van der Waals surface area contributed by atoms with Crippen LogP contribution in [0.5, 0.6) is 0 Å². The lowest BCUT2D eigenvalue weighted by Crippen LogP contribution is -1.99. The van der Waals surface area contributed by atoms with E-state index in [4.69, 9.17) is 16.0 Å². The lowest BCUT2D eigenvalue weighted by atomic mass is 10.1. The Balaban J connectivity index is 1.72. The molecule has 0 aliphatic rings. The number of halogens is 1. The number of rotatable bonds is 5. The van der Waals surface area contributed by atoms with Gasteiger partial charge in [0.2, 0.25) is 5.82 Å². The normalized spacial score (nSPS) is 11.1. The van der Waals surface area contributed by atoms with Crippen LogP contribution in [0.3, 0.4) is 0 Å². The Morgan fingerprint density at radius 2 is 1.85 bits per heavy atom. The van der Waals surface area contributed by atoms with E-state index in [-0.39, 0.29) is 0 Å². The molecule has 0 amide bonds. The van der Waals surface area contributed by atoms with Gasteiger partial charge in [-0.05, 0) is 61.4 Å². The first-order chi connectivity index (χ1) is 13.1. The molecule has 0 aliphatic heterocycles. The first kappa shape index (κ1) is 17.9. The molecule has 6 heteroatoms. The van der Waals surface area contributed by atoms with Crippen molar-refractivity contribution in [1.29, 1.82) is 0 Å². The average molecular weight is 396 g/mol. The third-order valence-electron chi connectivity index (χ3n) is 4.32. The number of furan rings is 1. The van der Waals surface area contributed by atoms with Gasteiger partial charge in [-0.3, -0.25) is 4.57 Å². The van der Waals surface area contributed by atoms with E-state index in [9.17, 15) is 0 Å². The summed E-state index contributed by atoms with van der Waals surface area (Å²) in [4.78, 5) is 0. The molecule has 4 aromatic rings. The van der Waals surface area contributed by atoms with Crippen molar-refractivity contribution in [2.24, 2.45) is 0 Å². The minimum Gasteiger partial charge on any atom is -0.461 e. The average Bonchev–Trinajstić information content (AvgIpc) is 3.32. The molecule has 2 heterocycles. The first-order valence-corrected chi connectivity index (χ1v) is 9.92. The Morgan fingerprint density at radius 3 is 2.59 bits per heavy atom. The second-order valence-electron chi connectivity index (χ2n) is 6.31. The predicted octanol–water partition coefficient (Wildman–Crippen LogP) is 6.09. The Morgan fingerprint density at radius 1 is 1.04 bits per heavy atom. The van der Waals surface area contributed by atoms with Gasteiger partial charge in [0, 0.05) is 16.5 Å². The fourth-order valence-corrected chi connectivity index (χ4v) is 3.99. The molecule has 0 atom stereocenters. The topological polar surface area (TPSA) is 43.9 Å². The smallest absolute Gasteiger partial charge is 0.205 e. The summed E-state index contributed by atoms with van der Waals surface area (Å²) in [5.41, 5.74) is 4.77. The highest BCUT2D eigenvalue weighted by molar-refractivity contribution is 7.98. The zero-order chi connectivity index (χ0) is 18.8. The number of hydrogen-bond acceptors (Lipinski definition) is 4. The first-order valence-electron chi connectivity index (χ1n) is 8.56. The molecule has 27 heavy (non-hydrogen) atoms. The molecule has 0 saturated carbocycles. The SMILES string of the molecule is Cc1ccc(C)c(CSc2nnc(-c3ccco3)n2-c2ccc(Cl)cc2)c1. The summed E-state index contributed by atoms with van der Waals surface area (Å²) >= 11 is 7.72. The quantitative estimate of drug-likeness (QED) is 0.383. The van der Waals surface area contributed by atoms with Crippen LogP contribution in [0.2, 0.25) is 5.02 Å². The highest BCUT2D eigenvalue weighted by Gasteiger charge is 2.18. The Bertz CT molecular complexity index is 1060. The van der Waals surface area contributed by atoms with Gasteiger partial charge in [-0.1, -0.05) is 47.1 Å². The Hall–Kier alpha value is -2.50. The van der Waals surface area contributed by atoms with Crippen molar-refractivity contribution in [3.05, 3.63) is 82.6 Å². The number of thioether (sulfide) groups is 1. The fourth-order valence-electron chi connectivity index (χ4n) is 2.85. The zero-order valence-corrected chi connectivity index (χ0v) is 16.6. The summed E-state index contributed by atoms with van der Waals surface area (Å²) in [6.45, 7) is 4.24. The molecule has 4 rings (SSSR count). The van der Waals surface area contributed by atoms with Crippen LogP contribution < -0.4 is 0 Å². The van der Waals surface area contributed by atoms with E-state index in [1.54, 1.807) is 18.0 Å². The lowest BCUT2D eigenvalue weighted by Gasteiger charge is -2.10. The van der Waals surface area contributed by atoms with E-state index in [1.165, 1.54) is 16.7 Å². The molecule has 0 saturated heterocycles.